The zero-order valence-corrected chi connectivity index (χ0v) is 26.2. The van der Waals surface area contributed by atoms with Crippen LogP contribution >= 0.6 is 11.6 Å². The summed E-state index contributed by atoms with van der Waals surface area (Å²) in [4.78, 5) is 12.7. The second-order valence-electron chi connectivity index (χ2n) is 11.3. The summed E-state index contributed by atoms with van der Waals surface area (Å²) in [6.45, 7) is 11.5. The molecule has 0 radical (unpaired) electrons. The third-order valence-corrected chi connectivity index (χ3v) is 10.3. The van der Waals surface area contributed by atoms with Crippen molar-refractivity contribution in [1.29, 1.82) is 0 Å². The SMILES string of the molecule is COC(=O)Cc1c(C)c2c(c(C)c1-c1ccc(Cl)cc1OCC[Si](C)(C)C)-c1ccccc1CN2S(C)(=O)=O. The van der Waals surface area contributed by atoms with Gasteiger partial charge in [0.1, 0.15) is 5.75 Å². The molecule has 39 heavy (non-hydrogen) atoms. The summed E-state index contributed by atoms with van der Waals surface area (Å²) in [7, 11) is -3.60. The Hall–Kier alpha value is -2.81. The lowest BCUT2D eigenvalue weighted by molar-refractivity contribution is -0.139. The maximum Gasteiger partial charge on any atom is 0.310 e. The molecule has 0 spiro atoms. The van der Waals surface area contributed by atoms with E-state index in [0.29, 0.717) is 28.6 Å². The number of methoxy groups -OCH3 is 1. The average molecular weight is 586 g/mol. The van der Waals surface area contributed by atoms with Gasteiger partial charge in [-0.25, -0.2) is 8.42 Å². The molecule has 9 heteroatoms. The number of halogens is 1. The van der Waals surface area contributed by atoms with Gasteiger partial charge in [0.15, 0.2) is 0 Å². The number of rotatable bonds is 8. The lowest BCUT2D eigenvalue weighted by Crippen LogP contribution is -2.33. The van der Waals surface area contributed by atoms with Crippen LogP contribution in [0.2, 0.25) is 30.7 Å². The van der Waals surface area contributed by atoms with E-state index in [-0.39, 0.29) is 13.0 Å². The molecule has 3 aromatic rings. The molecule has 1 aliphatic heterocycles. The monoisotopic (exact) mass is 585 g/mol. The van der Waals surface area contributed by atoms with Gasteiger partial charge in [-0.1, -0.05) is 55.5 Å². The molecule has 0 amide bonds. The fourth-order valence-electron chi connectivity index (χ4n) is 5.20. The number of fused-ring (bicyclic) bond motifs is 3. The van der Waals surface area contributed by atoms with E-state index >= 15 is 0 Å². The first-order chi connectivity index (χ1) is 18.2. The van der Waals surface area contributed by atoms with Gasteiger partial charge in [-0.3, -0.25) is 9.10 Å². The first-order valence-electron chi connectivity index (χ1n) is 12.9. The fourth-order valence-corrected chi connectivity index (χ4v) is 7.01. The topological polar surface area (TPSA) is 72.9 Å². The molecule has 0 N–H and O–H groups in total. The molecule has 4 rings (SSSR count). The largest absolute Gasteiger partial charge is 0.493 e. The van der Waals surface area contributed by atoms with Crippen molar-refractivity contribution in [2.75, 3.05) is 24.3 Å². The van der Waals surface area contributed by atoms with Gasteiger partial charge in [0, 0.05) is 24.2 Å². The van der Waals surface area contributed by atoms with Crippen LogP contribution in [0, 0.1) is 13.8 Å². The number of esters is 1. The molecule has 0 saturated carbocycles. The van der Waals surface area contributed by atoms with E-state index in [4.69, 9.17) is 21.1 Å². The average Bonchev–Trinajstić information content (AvgIpc) is 2.85. The number of hydrogen-bond donors (Lipinski definition) is 0. The van der Waals surface area contributed by atoms with Gasteiger partial charge < -0.3 is 9.47 Å². The Bertz CT molecular complexity index is 1550. The van der Waals surface area contributed by atoms with Gasteiger partial charge >= 0.3 is 5.97 Å². The van der Waals surface area contributed by atoms with Gasteiger partial charge in [0.2, 0.25) is 10.0 Å². The lowest BCUT2D eigenvalue weighted by atomic mass is 9.81. The Morgan fingerprint density at radius 1 is 1.03 bits per heavy atom. The fraction of sp³-hybridized carbons (Fsp3) is 0.367. The molecule has 0 unspecified atom stereocenters. The molecule has 1 aliphatic rings. The minimum absolute atomic E-state index is 0.0119. The molecule has 0 atom stereocenters. The maximum atomic E-state index is 13.1. The van der Waals surface area contributed by atoms with Gasteiger partial charge in [-0.15, -0.1) is 0 Å². The summed E-state index contributed by atoms with van der Waals surface area (Å²) in [6.07, 6.45) is 1.21. The Kier molecular flexibility index (Phi) is 8.22. The first kappa shape index (κ1) is 29.2. The number of ether oxygens (including phenoxy) is 2. The minimum Gasteiger partial charge on any atom is -0.493 e. The summed E-state index contributed by atoms with van der Waals surface area (Å²) in [5, 5.41) is 0.553. The summed E-state index contributed by atoms with van der Waals surface area (Å²) in [5.41, 5.74) is 7.29. The predicted molar refractivity (Wildman–Crippen MR) is 162 cm³/mol. The van der Waals surface area contributed by atoms with Crippen LogP contribution in [0.4, 0.5) is 5.69 Å². The molecular formula is C30H36ClNO5SSi. The van der Waals surface area contributed by atoms with E-state index in [9.17, 15) is 13.2 Å². The molecule has 0 aromatic heterocycles. The highest BCUT2D eigenvalue weighted by Crippen LogP contribution is 2.50. The highest BCUT2D eigenvalue weighted by molar-refractivity contribution is 7.92. The smallest absolute Gasteiger partial charge is 0.310 e. The van der Waals surface area contributed by atoms with E-state index in [0.717, 1.165) is 45.0 Å². The van der Waals surface area contributed by atoms with E-state index in [1.54, 1.807) is 0 Å². The van der Waals surface area contributed by atoms with Crippen LogP contribution in [0.15, 0.2) is 42.5 Å². The molecular weight excluding hydrogens is 550 g/mol. The quantitative estimate of drug-likeness (QED) is 0.210. The maximum absolute atomic E-state index is 13.1. The number of carbonyl (C=O) groups is 1. The van der Waals surface area contributed by atoms with Crippen molar-refractivity contribution in [2.24, 2.45) is 0 Å². The summed E-state index contributed by atoms with van der Waals surface area (Å²) in [5.74, 6) is 0.231. The molecule has 0 aliphatic carbocycles. The third-order valence-electron chi connectivity index (χ3n) is 7.22. The van der Waals surface area contributed by atoms with Crippen LogP contribution in [0.25, 0.3) is 22.3 Å². The molecule has 208 valence electrons. The molecule has 3 aromatic carbocycles. The molecule has 0 bridgehead atoms. The standard InChI is InChI=1S/C30H36ClNO5SSi/c1-19-25(17-27(33)36-3)28(24-13-12-22(31)16-26(24)37-14-15-39(5,6)7)20(2)29-23-11-9-8-10-21(23)18-32(30(19)29)38(4,34)35/h8-13,16H,14-15,17-18H2,1-7H3. The number of carbonyl (C=O) groups excluding carboxylic acids is 1. The van der Waals surface area contributed by atoms with E-state index in [1.807, 2.05) is 56.3 Å². The Morgan fingerprint density at radius 2 is 1.72 bits per heavy atom. The molecule has 0 fully saturated rings. The number of hydrogen-bond acceptors (Lipinski definition) is 5. The van der Waals surface area contributed by atoms with Crippen LogP contribution in [-0.2, 0) is 32.5 Å². The van der Waals surface area contributed by atoms with Crippen LogP contribution in [-0.4, -0.2) is 42.4 Å². The number of benzene rings is 3. The normalized spacial score (nSPS) is 13.1. The van der Waals surface area contributed by atoms with Crippen LogP contribution in [0.5, 0.6) is 5.75 Å². The van der Waals surface area contributed by atoms with Crippen molar-refractivity contribution >= 4 is 41.4 Å². The van der Waals surface area contributed by atoms with Crippen LogP contribution < -0.4 is 9.04 Å². The van der Waals surface area contributed by atoms with Crippen molar-refractivity contribution < 1.29 is 22.7 Å². The first-order valence-corrected chi connectivity index (χ1v) is 18.9. The van der Waals surface area contributed by atoms with E-state index < -0.39 is 24.1 Å². The van der Waals surface area contributed by atoms with Gasteiger partial charge in [0.25, 0.3) is 0 Å². The van der Waals surface area contributed by atoms with E-state index in [2.05, 4.69) is 19.6 Å². The third kappa shape index (κ3) is 6.03. The zero-order chi connectivity index (χ0) is 28.7. The van der Waals surface area contributed by atoms with Crippen LogP contribution in [0.3, 0.4) is 0 Å². The van der Waals surface area contributed by atoms with Crippen LogP contribution in [0.1, 0.15) is 22.3 Å². The van der Waals surface area contributed by atoms with Crippen molar-refractivity contribution in [3.63, 3.8) is 0 Å². The lowest BCUT2D eigenvalue weighted by Gasteiger charge is -2.36. The number of sulfonamides is 1. The predicted octanol–water partition coefficient (Wildman–Crippen LogP) is 7.00. The Labute approximate surface area is 238 Å². The molecule has 0 saturated heterocycles. The van der Waals surface area contributed by atoms with E-state index in [1.165, 1.54) is 17.7 Å². The van der Waals surface area contributed by atoms with Crippen molar-refractivity contribution in [3.8, 4) is 28.0 Å². The summed E-state index contributed by atoms with van der Waals surface area (Å²) in [6, 6.07) is 14.4. The zero-order valence-electron chi connectivity index (χ0n) is 23.6. The highest BCUT2D eigenvalue weighted by atomic mass is 35.5. The van der Waals surface area contributed by atoms with Crippen molar-refractivity contribution in [1.82, 2.24) is 0 Å². The minimum atomic E-state index is -3.61. The molecule has 1 heterocycles. The number of nitrogens with zero attached hydrogens (tertiary/aromatic N) is 1. The Morgan fingerprint density at radius 3 is 2.36 bits per heavy atom. The summed E-state index contributed by atoms with van der Waals surface area (Å²) < 4.78 is 39.0. The number of anilines is 1. The van der Waals surface area contributed by atoms with Crippen molar-refractivity contribution in [3.05, 3.63) is 69.7 Å². The highest BCUT2D eigenvalue weighted by Gasteiger charge is 2.34. The van der Waals surface area contributed by atoms with Crippen molar-refractivity contribution in [2.45, 2.75) is 52.5 Å². The van der Waals surface area contributed by atoms with Gasteiger partial charge in [0.05, 0.1) is 38.6 Å². The second kappa shape index (κ2) is 11.0. The molecule has 6 nitrogen and oxygen atoms in total. The van der Waals surface area contributed by atoms with Gasteiger partial charge in [-0.05, 0) is 71.5 Å². The van der Waals surface area contributed by atoms with Gasteiger partial charge in [-0.2, -0.15) is 0 Å². The Balaban J connectivity index is 2.06. The second-order valence-corrected chi connectivity index (χ2v) is 19.3. The summed E-state index contributed by atoms with van der Waals surface area (Å²) >= 11 is 6.42.